The van der Waals surface area contributed by atoms with E-state index in [4.69, 9.17) is 10.5 Å². The van der Waals surface area contributed by atoms with Gasteiger partial charge >= 0.3 is 0 Å². The molecule has 0 saturated heterocycles. The van der Waals surface area contributed by atoms with E-state index in [-0.39, 0.29) is 18.2 Å². The maximum Gasteiger partial charge on any atom is 0.270 e. The fraction of sp³-hybridized carbons (Fsp3) is 0.467. The molecule has 108 valence electrons. The molecule has 0 bridgehead atoms. The minimum atomic E-state index is -0.894. The molecule has 2 N–H and O–H groups in total. The molecule has 2 rings (SSSR count). The number of nitrogens with zero attached hydrogens (tertiary/aromatic N) is 1. The van der Waals surface area contributed by atoms with Crippen LogP contribution >= 0.6 is 0 Å². The summed E-state index contributed by atoms with van der Waals surface area (Å²) in [6.07, 6.45) is 0.816. The Morgan fingerprint density at radius 2 is 2.10 bits per heavy atom. The summed E-state index contributed by atoms with van der Waals surface area (Å²) in [5.41, 5.74) is 6.07. The molecular weight excluding hydrogens is 256 g/mol. The fourth-order valence-electron chi connectivity index (χ4n) is 2.31. The number of rotatable bonds is 4. The normalized spacial score (nSPS) is 16.6. The Labute approximate surface area is 118 Å². The number of aryl methyl sites for hydroxylation is 1. The molecule has 0 aliphatic carbocycles. The summed E-state index contributed by atoms with van der Waals surface area (Å²) in [7, 11) is 0. The predicted molar refractivity (Wildman–Crippen MR) is 76.7 cm³/mol. The Morgan fingerprint density at radius 1 is 1.40 bits per heavy atom. The lowest BCUT2D eigenvalue weighted by molar-refractivity contribution is -0.132. The molecule has 20 heavy (non-hydrogen) atoms. The third-order valence-electron chi connectivity index (χ3n) is 3.34. The maximum atomic E-state index is 12.5. The number of hydrogen-bond acceptors (Lipinski definition) is 3. The van der Waals surface area contributed by atoms with Gasteiger partial charge in [0.05, 0.1) is 5.69 Å². The third kappa shape index (κ3) is 2.76. The number of carbonyl (C=O) groups excluding carboxylic acids is 2. The second kappa shape index (κ2) is 5.15. The third-order valence-corrected chi connectivity index (χ3v) is 3.34. The van der Waals surface area contributed by atoms with Crippen LogP contribution in [0.1, 0.15) is 32.3 Å². The zero-order valence-corrected chi connectivity index (χ0v) is 12.1. The Balaban J connectivity index is 2.30. The van der Waals surface area contributed by atoms with Crippen LogP contribution in [0.25, 0.3) is 0 Å². The highest BCUT2D eigenvalue weighted by Crippen LogP contribution is 2.38. The molecule has 1 aromatic carbocycles. The van der Waals surface area contributed by atoms with Gasteiger partial charge in [-0.1, -0.05) is 6.07 Å². The number of anilines is 1. The molecule has 0 aromatic heterocycles. The zero-order chi connectivity index (χ0) is 14.9. The van der Waals surface area contributed by atoms with Gasteiger partial charge < -0.3 is 15.4 Å². The Kier molecular flexibility index (Phi) is 3.70. The molecule has 0 spiro atoms. The fourth-order valence-corrected chi connectivity index (χ4v) is 2.31. The van der Waals surface area contributed by atoms with E-state index in [0.717, 1.165) is 11.3 Å². The summed E-state index contributed by atoms with van der Waals surface area (Å²) in [5, 5.41) is 0. The average molecular weight is 276 g/mol. The van der Waals surface area contributed by atoms with Crippen molar-refractivity contribution in [1.82, 2.24) is 0 Å². The highest BCUT2D eigenvalue weighted by atomic mass is 16.5. The average Bonchev–Trinajstić information content (AvgIpc) is 2.34. The van der Waals surface area contributed by atoms with E-state index in [2.05, 4.69) is 0 Å². The first-order valence-corrected chi connectivity index (χ1v) is 6.71. The van der Waals surface area contributed by atoms with Crippen molar-refractivity contribution in [3.05, 3.63) is 23.8 Å². The molecule has 2 amide bonds. The second-order valence-electron chi connectivity index (χ2n) is 5.61. The number of ether oxygens (including phenoxy) is 1. The number of hydrogen-bond donors (Lipinski definition) is 1. The van der Waals surface area contributed by atoms with E-state index in [0.29, 0.717) is 18.7 Å². The summed E-state index contributed by atoms with van der Waals surface area (Å²) in [5.74, 6) is 0.244. The molecule has 1 aliphatic heterocycles. The van der Waals surface area contributed by atoms with E-state index < -0.39 is 5.60 Å². The van der Waals surface area contributed by atoms with Gasteiger partial charge in [-0.05, 0) is 44.9 Å². The van der Waals surface area contributed by atoms with Gasteiger partial charge in [0.1, 0.15) is 5.75 Å². The van der Waals surface area contributed by atoms with E-state index in [9.17, 15) is 9.59 Å². The van der Waals surface area contributed by atoms with Crippen LogP contribution in [-0.4, -0.2) is 24.0 Å². The molecular formula is C15H20N2O3. The van der Waals surface area contributed by atoms with Crippen molar-refractivity contribution in [3.63, 3.8) is 0 Å². The molecule has 0 radical (unpaired) electrons. The number of primary amides is 1. The van der Waals surface area contributed by atoms with Crippen molar-refractivity contribution in [2.45, 2.75) is 39.2 Å². The first-order chi connectivity index (χ1) is 9.31. The molecule has 0 unspecified atom stereocenters. The molecule has 5 nitrogen and oxygen atoms in total. The van der Waals surface area contributed by atoms with Crippen LogP contribution in [0.3, 0.4) is 0 Å². The highest BCUT2D eigenvalue weighted by Gasteiger charge is 2.40. The molecule has 1 heterocycles. The van der Waals surface area contributed by atoms with Gasteiger partial charge in [0.2, 0.25) is 5.91 Å². The minimum Gasteiger partial charge on any atom is -0.476 e. The number of benzene rings is 1. The van der Waals surface area contributed by atoms with Crippen molar-refractivity contribution < 1.29 is 14.3 Å². The molecule has 1 aromatic rings. The number of nitrogens with two attached hydrogens (primary N) is 1. The van der Waals surface area contributed by atoms with E-state index in [1.807, 2.05) is 25.1 Å². The largest absolute Gasteiger partial charge is 0.476 e. The van der Waals surface area contributed by atoms with Crippen molar-refractivity contribution in [2.75, 3.05) is 11.4 Å². The van der Waals surface area contributed by atoms with Crippen LogP contribution in [-0.2, 0) is 9.59 Å². The van der Waals surface area contributed by atoms with Crippen LogP contribution in [0, 0.1) is 6.92 Å². The van der Waals surface area contributed by atoms with Gasteiger partial charge in [0, 0.05) is 13.0 Å². The van der Waals surface area contributed by atoms with E-state index in [1.165, 1.54) is 0 Å². The van der Waals surface area contributed by atoms with Gasteiger partial charge in [-0.25, -0.2) is 0 Å². The van der Waals surface area contributed by atoms with E-state index in [1.54, 1.807) is 18.7 Å². The second-order valence-corrected chi connectivity index (χ2v) is 5.61. The lowest BCUT2D eigenvalue weighted by Gasteiger charge is -2.39. The zero-order valence-electron chi connectivity index (χ0n) is 12.1. The lowest BCUT2D eigenvalue weighted by atomic mass is 10.0. The van der Waals surface area contributed by atoms with Crippen LogP contribution in [0.5, 0.6) is 5.75 Å². The first kappa shape index (κ1) is 14.4. The number of carbonyl (C=O) groups is 2. The molecule has 5 heteroatoms. The van der Waals surface area contributed by atoms with Gasteiger partial charge in [-0.2, -0.15) is 0 Å². The lowest BCUT2D eigenvalue weighted by Crippen LogP contribution is -2.52. The SMILES string of the molecule is Cc1ccc2c(c1)N(CCCC(N)=O)C(=O)C(C)(C)O2. The van der Waals surface area contributed by atoms with Crippen LogP contribution < -0.4 is 15.4 Å². The Bertz CT molecular complexity index is 552. The molecule has 1 aliphatic rings. The summed E-state index contributed by atoms with van der Waals surface area (Å²) in [6.45, 7) is 5.93. The predicted octanol–water partition coefficient (Wildman–Crippen LogP) is 1.76. The number of amides is 2. The topological polar surface area (TPSA) is 72.6 Å². The van der Waals surface area contributed by atoms with Crippen molar-refractivity contribution in [2.24, 2.45) is 5.73 Å². The van der Waals surface area contributed by atoms with Gasteiger partial charge in [0.25, 0.3) is 5.91 Å². The van der Waals surface area contributed by atoms with Crippen LogP contribution in [0.15, 0.2) is 18.2 Å². The van der Waals surface area contributed by atoms with Gasteiger partial charge in [0.15, 0.2) is 5.60 Å². The van der Waals surface area contributed by atoms with E-state index >= 15 is 0 Å². The smallest absolute Gasteiger partial charge is 0.270 e. The molecule has 0 fully saturated rings. The summed E-state index contributed by atoms with van der Waals surface area (Å²) >= 11 is 0. The van der Waals surface area contributed by atoms with Crippen LogP contribution in [0.2, 0.25) is 0 Å². The van der Waals surface area contributed by atoms with Gasteiger partial charge in [-0.3, -0.25) is 9.59 Å². The first-order valence-electron chi connectivity index (χ1n) is 6.71. The summed E-state index contributed by atoms with van der Waals surface area (Å²) < 4.78 is 5.76. The molecule has 0 saturated carbocycles. The Hall–Kier alpha value is -2.04. The molecule has 0 atom stereocenters. The van der Waals surface area contributed by atoms with Crippen molar-refractivity contribution in [1.29, 1.82) is 0 Å². The van der Waals surface area contributed by atoms with Gasteiger partial charge in [-0.15, -0.1) is 0 Å². The minimum absolute atomic E-state index is 0.0972. The quantitative estimate of drug-likeness (QED) is 0.910. The maximum absolute atomic E-state index is 12.5. The highest BCUT2D eigenvalue weighted by molar-refractivity contribution is 6.02. The van der Waals surface area contributed by atoms with Crippen molar-refractivity contribution >= 4 is 17.5 Å². The number of fused-ring (bicyclic) bond motifs is 1. The summed E-state index contributed by atoms with van der Waals surface area (Å²) in [6, 6.07) is 5.75. The van der Waals surface area contributed by atoms with Crippen molar-refractivity contribution in [3.8, 4) is 5.75 Å². The standard InChI is InChI=1S/C15H20N2O3/c1-10-6-7-12-11(9-10)17(8-4-5-13(16)18)14(19)15(2,3)20-12/h6-7,9H,4-5,8H2,1-3H3,(H2,16,18). The Morgan fingerprint density at radius 3 is 2.75 bits per heavy atom. The summed E-state index contributed by atoms with van der Waals surface area (Å²) in [4.78, 5) is 25.0. The monoisotopic (exact) mass is 276 g/mol. The van der Waals surface area contributed by atoms with Crippen LogP contribution in [0.4, 0.5) is 5.69 Å².